The van der Waals surface area contributed by atoms with Crippen LogP contribution in [-0.4, -0.2) is 28.0 Å². The lowest BCUT2D eigenvalue weighted by Crippen LogP contribution is -2.26. The van der Waals surface area contributed by atoms with Crippen molar-refractivity contribution >= 4 is 21.7 Å². The molecule has 1 aromatic carbocycles. The molecule has 0 aliphatic heterocycles. The van der Waals surface area contributed by atoms with E-state index >= 15 is 0 Å². The Labute approximate surface area is 118 Å². The molecule has 0 saturated heterocycles. The number of hydrogen-bond acceptors (Lipinski definition) is 5. The highest BCUT2D eigenvalue weighted by atomic mass is 32.2. The van der Waals surface area contributed by atoms with Crippen LogP contribution in [0.4, 0.5) is 5.69 Å². The molecule has 0 atom stereocenters. The molecule has 0 amide bonds. The zero-order chi connectivity index (χ0) is 14.8. The zero-order valence-electron chi connectivity index (χ0n) is 11.3. The summed E-state index contributed by atoms with van der Waals surface area (Å²) in [5.41, 5.74) is 5.98. The van der Waals surface area contributed by atoms with Gasteiger partial charge >= 0.3 is 5.97 Å². The summed E-state index contributed by atoms with van der Waals surface area (Å²) in [5, 5.41) is 0. The van der Waals surface area contributed by atoms with Gasteiger partial charge in [0, 0.05) is 6.54 Å². The van der Waals surface area contributed by atoms with E-state index in [-0.39, 0.29) is 16.1 Å². The summed E-state index contributed by atoms with van der Waals surface area (Å²) in [7, 11) is -2.38. The lowest BCUT2D eigenvalue weighted by Gasteiger charge is -2.10. The molecule has 0 heterocycles. The lowest BCUT2D eigenvalue weighted by molar-refractivity contribution is 0.0600. The predicted molar refractivity (Wildman–Crippen MR) is 74.7 cm³/mol. The molecule has 0 radical (unpaired) electrons. The first-order chi connectivity index (χ1) is 9.44. The highest BCUT2D eigenvalue weighted by Gasteiger charge is 2.23. The third kappa shape index (κ3) is 3.49. The highest BCUT2D eigenvalue weighted by Crippen LogP contribution is 2.32. The van der Waals surface area contributed by atoms with Gasteiger partial charge in [0.15, 0.2) is 0 Å². The Hall–Kier alpha value is -1.60. The predicted octanol–water partition coefficient (Wildman–Crippen LogP) is 1.13. The van der Waals surface area contributed by atoms with Crippen LogP contribution in [0.2, 0.25) is 0 Å². The molecule has 1 aliphatic rings. The molecule has 7 heteroatoms. The minimum absolute atomic E-state index is 0.0130. The molecular formula is C13H18N2O4S. The van der Waals surface area contributed by atoms with Crippen LogP contribution in [0, 0.1) is 5.92 Å². The van der Waals surface area contributed by atoms with Crippen molar-refractivity contribution in [2.45, 2.75) is 24.2 Å². The fourth-order valence-corrected chi connectivity index (χ4v) is 3.08. The number of rotatable bonds is 6. The van der Waals surface area contributed by atoms with Crippen LogP contribution >= 0.6 is 0 Å². The van der Waals surface area contributed by atoms with Crippen molar-refractivity contribution in [3.63, 3.8) is 0 Å². The van der Waals surface area contributed by atoms with Crippen LogP contribution in [0.3, 0.4) is 0 Å². The minimum Gasteiger partial charge on any atom is -0.465 e. The van der Waals surface area contributed by atoms with Crippen molar-refractivity contribution < 1.29 is 17.9 Å². The maximum absolute atomic E-state index is 12.1. The number of methoxy groups -OCH3 is 1. The number of nitrogens with one attached hydrogen (secondary N) is 1. The number of anilines is 1. The molecular weight excluding hydrogens is 280 g/mol. The van der Waals surface area contributed by atoms with Gasteiger partial charge in [-0.2, -0.15) is 0 Å². The van der Waals surface area contributed by atoms with Crippen molar-refractivity contribution in [2.24, 2.45) is 5.92 Å². The Morgan fingerprint density at radius 2 is 2.15 bits per heavy atom. The number of hydrogen-bond donors (Lipinski definition) is 2. The Morgan fingerprint density at radius 3 is 2.70 bits per heavy atom. The van der Waals surface area contributed by atoms with Crippen LogP contribution in [0.25, 0.3) is 0 Å². The molecule has 20 heavy (non-hydrogen) atoms. The van der Waals surface area contributed by atoms with Gasteiger partial charge in [0.25, 0.3) is 0 Å². The van der Waals surface area contributed by atoms with Gasteiger partial charge in [0.2, 0.25) is 10.0 Å². The van der Waals surface area contributed by atoms with E-state index in [1.165, 1.54) is 38.2 Å². The Bertz CT molecular complexity index is 609. The van der Waals surface area contributed by atoms with Crippen molar-refractivity contribution in [2.75, 3.05) is 19.4 Å². The Morgan fingerprint density at radius 1 is 1.45 bits per heavy atom. The molecule has 3 N–H and O–H groups in total. The number of sulfonamides is 1. The maximum atomic E-state index is 12.1. The van der Waals surface area contributed by atoms with Crippen LogP contribution in [0.1, 0.15) is 29.6 Å². The standard InChI is InChI=1S/C13H18N2O4S/c1-19-13(16)10-4-5-12(11(14)8-10)20(17,18)15-7-6-9-2-3-9/h4-5,8-9,15H,2-3,6-7,14H2,1H3. The molecule has 6 nitrogen and oxygen atoms in total. The average molecular weight is 298 g/mol. The Balaban J connectivity index is 2.11. The van der Waals surface area contributed by atoms with E-state index in [0.717, 1.165) is 6.42 Å². The van der Waals surface area contributed by atoms with Crippen LogP contribution in [-0.2, 0) is 14.8 Å². The van der Waals surface area contributed by atoms with Gasteiger partial charge in [-0.05, 0) is 30.5 Å². The molecule has 0 aromatic heterocycles. The van der Waals surface area contributed by atoms with E-state index in [1.54, 1.807) is 0 Å². The van der Waals surface area contributed by atoms with Crippen molar-refractivity contribution in [3.8, 4) is 0 Å². The van der Waals surface area contributed by atoms with Gasteiger partial charge in [-0.25, -0.2) is 17.9 Å². The molecule has 2 rings (SSSR count). The minimum atomic E-state index is -3.64. The van der Waals surface area contributed by atoms with E-state index in [4.69, 9.17) is 5.73 Å². The molecule has 1 aromatic rings. The van der Waals surface area contributed by atoms with Crippen LogP contribution < -0.4 is 10.5 Å². The maximum Gasteiger partial charge on any atom is 0.337 e. The summed E-state index contributed by atoms with van der Waals surface area (Å²) in [6.45, 7) is 0.408. The highest BCUT2D eigenvalue weighted by molar-refractivity contribution is 7.89. The number of esters is 1. The van der Waals surface area contributed by atoms with E-state index in [9.17, 15) is 13.2 Å². The quantitative estimate of drug-likeness (QED) is 0.606. The SMILES string of the molecule is COC(=O)c1ccc(S(=O)(=O)NCCC2CC2)c(N)c1. The van der Waals surface area contributed by atoms with Crippen LogP contribution in [0.15, 0.2) is 23.1 Å². The smallest absolute Gasteiger partial charge is 0.337 e. The second-order valence-electron chi connectivity index (χ2n) is 4.87. The summed E-state index contributed by atoms with van der Waals surface area (Å²) in [6.07, 6.45) is 3.20. The van der Waals surface area contributed by atoms with E-state index in [2.05, 4.69) is 9.46 Å². The monoisotopic (exact) mass is 298 g/mol. The van der Waals surface area contributed by atoms with Gasteiger partial charge < -0.3 is 10.5 Å². The molecule has 0 spiro atoms. The van der Waals surface area contributed by atoms with E-state index in [0.29, 0.717) is 12.5 Å². The third-order valence-corrected chi connectivity index (χ3v) is 4.80. The van der Waals surface area contributed by atoms with Crippen molar-refractivity contribution in [1.82, 2.24) is 4.72 Å². The number of benzene rings is 1. The fourth-order valence-electron chi connectivity index (χ4n) is 1.92. The summed E-state index contributed by atoms with van der Waals surface area (Å²) in [5.74, 6) is 0.0964. The fraction of sp³-hybridized carbons (Fsp3) is 0.462. The normalized spacial score (nSPS) is 15.1. The number of nitrogens with two attached hydrogens (primary N) is 1. The van der Waals surface area contributed by atoms with Gasteiger partial charge in [0.1, 0.15) is 4.90 Å². The number of carbonyl (C=O) groups excluding carboxylic acids is 1. The second-order valence-corrected chi connectivity index (χ2v) is 6.61. The molecule has 1 saturated carbocycles. The number of nitrogen functional groups attached to an aromatic ring is 1. The molecule has 1 fully saturated rings. The first-order valence-electron chi connectivity index (χ1n) is 6.41. The largest absolute Gasteiger partial charge is 0.465 e. The lowest BCUT2D eigenvalue weighted by atomic mass is 10.2. The topological polar surface area (TPSA) is 98.5 Å². The molecule has 1 aliphatic carbocycles. The van der Waals surface area contributed by atoms with Crippen molar-refractivity contribution in [1.29, 1.82) is 0 Å². The summed E-state index contributed by atoms with van der Waals surface area (Å²) < 4.78 is 31.3. The third-order valence-electron chi connectivity index (χ3n) is 3.26. The number of carbonyl (C=O) groups is 1. The van der Waals surface area contributed by atoms with E-state index < -0.39 is 16.0 Å². The number of ether oxygens (including phenoxy) is 1. The van der Waals surface area contributed by atoms with Crippen LogP contribution in [0.5, 0.6) is 0 Å². The summed E-state index contributed by atoms with van der Waals surface area (Å²) in [4.78, 5) is 11.3. The zero-order valence-corrected chi connectivity index (χ0v) is 12.1. The Kier molecular flexibility index (Phi) is 4.29. The van der Waals surface area contributed by atoms with Gasteiger partial charge in [-0.15, -0.1) is 0 Å². The first kappa shape index (κ1) is 14.8. The molecule has 0 bridgehead atoms. The van der Waals surface area contributed by atoms with Gasteiger partial charge in [-0.3, -0.25) is 0 Å². The van der Waals surface area contributed by atoms with E-state index in [1.807, 2.05) is 0 Å². The second kappa shape index (κ2) is 5.80. The van der Waals surface area contributed by atoms with Gasteiger partial charge in [0.05, 0.1) is 18.4 Å². The molecule has 110 valence electrons. The summed E-state index contributed by atoms with van der Waals surface area (Å²) >= 11 is 0. The van der Waals surface area contributed by atoms with Crippen molar-refractivity contribution in [3.05, 3.63) is 23.8 Å². The van der Waals surface area contributed by atoms with Gasteiger partial charge in [-0.1, -0.05) is 12.8 Å². The first-order valence-corrected chi connectivity index (χ1v) is 7.90. The molecule has 0 unspecified atom stereocenters. The average Bonchev–Trinajstić information content (AvgIpc) is 3.21. The summed E-state index contributed by atoms with van der Waals surface area (Å²) in [6, 6.07) is 4.01.